The molecule has 13 heteroatoms. The summed E-state index contributed by atoms with van der Waals surface area (Å²) in [5.41, 5.74) is 2.47. The number of carbonyl (C=O) groups excluding carboxylic acids is 4. The Hall–Kier alpha value is -5.27. The minimum atomic E-state index is -0.618. The Morgan fingerprint density at radius 2 is 1.76 bits per heavy atom. The van der Waals surface area contributed by atoms with Crippen molar-refractivity contribution < 1.29 is 28.8 Å². The maximum absolute atomic E-state index is 13.6. The predicted molar refractivity (Wildman–Crippen MR) is 200 cm³/mol. The van der Waals surface area contributed by atoms with E-state index in [1.807, 2.05) is 13.0 Å². The molecule has 3 amide bonds. The monoisotopic (exact) mass is 726 g/mol. The molecule has 0 spiro atoms. The van der Waals surface area contributed by atoms with Gasteiger partial charge in [-0.3, -0.25) is 24.5 Å². The highest BCUT2D eigenvalue weighted by atomic mass is 32.2. The molecule has 0 bridgehead atoms. The van der Waals surface area contributed by atoms with Crippen LogP contribution in [0.2, 0.25) is 0 Å². The highest BCUT2D eigenvalue weighted by Crippen LogP contribution is 2.41. The number of thiophene rings is 1. The van der Waals surface area contributed by atoms with Crippen LogP contribution in [0.3, 0.4) is 0 Å². The molecule has 3 N–H and O–H groups in total. The summed E-state index contributed by atoms with van der Waals surface area (Å²) < 4.78 is 5.36. The van der Waals surface area contributed by atoms with Crippen LogP contribution in [0.15, 0.2) is 89.5 Å². The number of ether oxygens (including phenoxy) is 1. The fraction of sp³-hybridized carbons (Fsp3) is 0.263. The van der Waals surface area contributed by atoms with Gasteiger partial charge in [0, 0.05) is 33.2 Å². The molecule has 0 radical (unpaired) electrons. The zero-order valence-corrected chi connectivity index (χ0v) is 30.0. The number of esters is 1. The van der Waals surface area contributed by atoms with E-state index in [9.17, 15) is 29.3 Å². The quantitative estimate of drug-likeness (QED) is 0.0413. The first kappa shape index (κ1) is 37.0. The molecule has 0 aliphatic heterocycles. The zero-order chi connectivity index (χ0) is 36.5. The number of rotatable bonds is 13. The van der Waals surface area contributed by atoms with Gasteiger partial charge in [0.15, 0.2) is 0 Å². The molecule has 1 aliphatic carbocycles. The maximum Gasteiger partial charge on any atom is 0.341 e. The Balaban J connectivity index is 1.33. The standard InChI is InChI=1S/C38H38N4O7S2/c1-4-31(36(45)41-37-33(38(46)49-5-2)29-19-14-23(3)20-32(29)51-37)50-28-13-9-12-26(22-28)39-35(44)30(40-34(43)25-10-7-6-8-11-25)21-24-15-17-27(18-16-24)42(47)48/h6-13,15-18,21-23,31H,4-5,14,19-20H2,1-3H3,(H,39,44)(H,40,43)(H,41,45)/b30-21+. The number of hydrogen-bond acceptors (Lipinski definition) is 9. The van der Waals surface area contributed by atoms with Crippen molar-refractivity contribution in [3.8, 4) is 0 Å². The lowest BCUT2D eigenvalue weighted by molar-refractivity contribution is -0.384. The van der Waals surface area contributed by atoms with Crippen molar-refractivity contribution in [1.82, 2.24) is 5.32 Å². The number of benzene rings is 3. The molecular formula is C38H38N4O7S2. The van der Waals surface area contributed by atoms with Gasteiger partial charge in [-0.05, 0) is 98.2 Å². The van der Waals surface area contributed by atoms with Gasteiger partial charge in [-0.15, -0.1) is 23.1 Å². The van der Waals surface area contributed by atoms with E-state index in [-0.39, 0.29) is 23.9 Å². The van der Waals surface area contributed by atoms with Gasteiger partial charge in [-0.2, -0.15) is 0 Å². The Bertz CT molecular complexity index is 1960. The van der Waals surface area contributed by atoms with Crippen molar-refractivity contribution in [3.63, 3.8) is 0 Å². The summed E-state index contributed by atoms with van der Waals surface area (Å²) in [6.07, 6.45) is 4.52. The maximum atomic E-state index is 13.6. The van der Waals surface area contributed by atoms with Crippen molar-refractivity contribution in [1.29, 1.82) is 0 Å². The summed E-state index contributed by atoms with van der Waals surface area (Å²) >= 11 is 2.77. The largest absolute Gasteiger partial charge is 0.462 e. The minimum Gasteiger partial charge on any atom is -0.462 e. The number of carbonyl (C=O) groups is 4. The first-order valence-electron chi connectivity index (χ1n) is 16.6. The van der Waals surface area contributed by atoms with E-state index >= 15 is 0 Å². The summed E-state index contributed by atoms with van der Waals surface area (Å²) in [5.74, 6) is -1.30. The fourth-order valence-corrected chi connectivity index (χ4v) is 8.00. The lowest BCUT2D eigenvalue weighted by Crippen LogP contribution is -2.30. The lowest BCUT2D eigenvalue weighted by atomic mass is 9.88. The number of non-ortho nitro benzene ring substituents is 1. The Morgan fingerprint density at radius 1 is 1.02 bits per heavy atom. The van der Waals surface area contributed by atoms with E-state index < -0.39 is 28.0 Å². The number of anilines is 2. The van der Waals surface area contributed by atoms with Crippen LogP contribution in [-0.4, -0.2) is 40.5 Å². The lowest BCUT2D eigenvalue weighted by Gasteiger charge is -2.18. The second-order valence-corrected chi connectivity index (χ2v) is 14.4. The van der Waals surface area contributed by atoms with Crippen molar-refractivity contribution in [2.24, 2.45) is 5.92 Å². The molecule has 1 aromatic heterocycles. The van der Waals surface area contributed by atoms with Gasteiger partial charge in [0.2, 0.25) is 5.91 Å². The second-order valence-electron chi connectivity index (χ2n) is 12.0. The molecule has 1 heterocycles. The summed E-state index contributed by atoms with van der Waals surface area (Å²) in [7, 11) is 0. The summed E-state index contributed by atoms with van der Waals surface area (Å²) in [5, 5.41) is 19.6. The molecule has 264 valence electrons. The van der Waals surface area contributed by atoms with E-state index in [0.29, 0.717) is 44.6 Å². The Kier molecular flexibility index (Phi) is 12.4. The van der Waals surface area contributed by atoms with Gasteiger partial charge >= 0.3 is 5.97 Å². The predicted octanol–water partition coefficient (Wildman–Crippen LogP) is 7.88. The van der Waals surface area contributed by atoms with E-state index in [2.05, 4.69) is 22.9 Å². The van der Waals surface area contributed by atoms with E-state index in [4.69, 9.17) is 4.74 Å². The molecule has 5 rings (SSSR count). The smallest absolute Gasteiger partial charge is 0.341 e. The van der Waals surface area contributed by atoms with Gasteiger partial charge in [-0.1, -0.05) is 38.1 Å². The summed E-state index contributed by atoms with van der Waals surface area (Å²) in [4.78, 5) is 65.6. The Labute approximate surface area is 304 Å². The number of thioether (sulfide) groups is 1. The van der Waals surface area contributed by atoms with Gasteiger partial charge in [0.05, 0.1) is 22.3 Å². The van der Waals surface area contributed by atoms with Crippen LogP contribution in [-0.2, 0) is 27.2 Å². The average Bonchev–Trinajstić information content (AvgIpc) is 3.47. The number of nitrogens with zero attached hydrogens (tertiary/aromatic N) is 1. The van der Waals surface area contributed by atoms with E-state index in [1.54, 1.807) is 55.5 Å². The second kappa shape index (κ2) is 17.1. The van der Waals surface area contributed by atoms with Crippen LogP contribution >= 0.6 is 23.1 Å². The highest BCUT2D eigenvalue weighted by Gasteiger charge is 2.30. The zero-order valence-electron chi connectivity index (χ0n) is 28.4. The highest BCUT2D eigenvalue weighted by molar-refractivity contribution is 8.00. The van der Waals surface area contributed by atoms with Gasteiger partial charge in [0.25, 0.3) is 17.5 Å². The molecule has 4 aromatic rings. The molecule has 0 saturated heterocycles. The number of nitro groups is 1. The summed E-state index contributed by atoms with van der Waals surface area (Å²) in [6.45, 7) is 6.08. The third-order valence-electron chi connectivity index (χ3n) is 8.21. The fourth-order valence-electron chi connectivity index (χ4n) is 5.58. The van der Waals surface area contributed by atoms with Crippen LogP contribution in [0.4, 0.5) is 16.4 Å². The van der Waals surface area contributed by atoms with Gasteiger partial charge < -0.3 is 20.7 Å². The van der Waals surface area contributed by atoms with Crippen molar-refractivity contribution in [2.45, 2.75) is 56.6 Å². The normalized spacial score (nSPS) is 14.5. The summed E-state index contributed by atoms with van der Waals surface area (Å²) in [6, 6.07) is 21.0. The molecule has 1 aliphatic rings. The van der Waals surface area contributed by atoms with Crippen LogP contribution < -0.4 is 16.0 Å². The Morgan fingerprint density at radius 3 is 2.45 bits per heavy atom. The van der Waals surface area contributed by atoms with Gasteiger partial charge in [0.1, 0.15) is 10.7 Å². The first-order chi connectivity index (χ1) is 24.6. The van der Waals surface area contributed by atoms with Crippen molar-refractivity contribution in [3.05, 3.63) is 122 Å². The topological polar surface area (TPSA) is 157 Å². The van der Waals surface area contributed by atoms with E-state index in [0.717, 1.165) is 29.7 Å². The molecule has 11 nitrogen and oxygen atoms in total. The molecule has 0 fully saturated rings. The molecule has 2 atom stereocenters. The van der Waals surface area contributed by atoms with Crippen molar-refractivity contribution >= 4 is 69.2 Å². The molecule has 0 saturated carbocycles. The molecule has 2 unspecified atom stereocenters. The number of hydrogen-bond donors (Lipinski definition) is 3. The number of nitro benzene ring substituents is 1. The third-order valence-corrected chi connectivity index (χ3v) is 10.7. The number of amides is 3. The van der Waals surface area contributed by atoms with Crippen LogP contribution in [0.25, 0.3) is 6.08 Å². The number of nitrogens with one attached hydrogen (secondary N) is 3. The minimum absolute atomic E-state index is 0.0768. The van der Waals surface area contributed by atoms with Crippen LogP contribution in [0.5, 0.6) is 0 Å². The van der Waals surface area contributed by atoms with Gasteiger partial charge in [-0.25, -0.2) is 4.79 Å². The van der Waals surface area contributed by atoms with Crippen molar-refractivity contribution in [2.75, 3.05) is 17.2 Å². The van der Waals surface area contributed by atoms with Crippen LogP contribution in [0.1, 0.15) is 70.3 Å². The number of fused-ring (bicyclic) bond motifs is 1. The van der Waals surface area contributed by atoms with E-state index in [1.165, 1.54) is 53.4 Å². The average molecular weight is 727 g/mol. The molecule has 3 aromatic carbocycles. The third kappa shape index (κ3) is 9.50. The SMILES string of the molecule is CCOC(=O)c1c(NC(=O)C(CC)Sc2cccc(NC(=O)/C(=C\c3ccc([N+](=O)[O-])cc3)NC(=O)c3ccccc3)c2)sc2c1CCC(C)C2. The molecular weight excluding hydrogens is 689 g/mol. The molecule has 51 heavy (non-hydrogen) atoms. The van der Waals surface area contributed by atoms with Crippen LogP contribution in [0, 0.1) is 16.0 Å². The first-order valence-corrected chi connectivity index (χ1v) is 18.3.